The number of anilines is 1. The van der Waals surface area contributed by atoms with Crippen LogP contribution in [0.1, 0.15) is 41.3 Å². The van der Waals surface area contributed by atoms with Crippen LogP contribution in [0.15, 0.2) is 79.1 Å². The van der Waals surface area contributed by atoms with E-state index in [2.05, 4.69) is 48.1 Å². The molecule has 0 fully saturated rings. The number of H-pyrrole nitrogens is 1. The van der Waals surface area contributed by atoms with E-state index in [4.69, 9.17) is 15.9 Å². The van der Waals surface area contributed by atoms with Gasteiger partial charge in [0.05, 0.1) is 6.54 Å². The largest absolute Gasteiger partial charge is 0.478 e. The molecule has 10 heteroatoms. The minimum absolute atomic E-state index is 0.436. The predicted molar refractivity (Wildman–Crippen MR) is 168 cm³/mol. The summed E-state index contributed by atoms with van der Waals surface area (Å²) in [6.07, 6.45) is 8.57. The Bertz CT molecular complexity index is 1470. The Morgan fingerprint density at radius 3 is 2.26 bits per heavy atom. The number of benzene rings is 2. The maximum atomic E-state index is 12.3. The second-order valence-corrected chi connectivity index (χ2v) is 11.1. The number of amides is 2. The number of nitrogens with two attached hydrogens (primary N) is 1. The highest BCUT2D eigenvalue weighted by atomic mass is 32.1. The average molecular weight is 591 g/mol. The third kappa shape index (κ3) is 9.90. The molecule has 0 saturated heterocycles. The number of nitrogens with one attached hydrogen (secondary N) is 1. The zero-order valence-corrected chi connectivity index (χ0v) is 24.8. The van der Waals surface area contributed by atoms with Crippen LogP contribution in [0.4, 0.5) is 10.5 Å². The van der Waals surface area contributed by atoms with E-state index in [-0.39, 0.29) is 0 Å². The van der Waals surface area contributed by atoms with Crippen LogP contribution in [-0.2, 0) is 29.1 Å². The number of unbranched alkanes of at least 4 members (excludes halogenated alkanes) is 1. The van der Waals surface area contributed by atoms with E-state index >= 15 is 0 Å². The van der Waals surface area contributed by atoms with Gasteiger partial charge in [-0.3, -0.25) is 9.80 Å². The number of carbonyl (C=O) groups is 3. The van der Waals surface area contributed by atoms with Crippen LogP contribution in [0.3, 0.4) is 0 Å². The molecule has 0 aliphatic carbocycles. The van der Waals surface area contributed by atoms with Crippen LogP contribution in [0, 0.1) is 6.92 Å². The topological polar surface area (TPSA) is 140 Å². The number of aromatic nitrogens is 1. The van der Waals surface area contributed by atoms with E-state index in [1.54, 1.807) is 4.90 Å². The highest BCUT2D eigenvalue weighted by molar-refractivity contribution is 7.19. The van der Waals surface area contributed by atoms with E-state index in [0.29, 0.717) is 18.7 Å². The quantitative estimate of drug-likeness (QED) is 0.137. The lowest BCUT2D eigenvalue weighted by Gasteiger charge is -2.22. The first-order valence-corrected chi connectivity index (χ1v) is 14.6. The lowest BCUT2D eigenvalue weighted by molar-refractivity contribution is -0.134. The maximum absolute atomic E-state index is 12.3. The molecule has 5 N–H and O–H groups in total. The molecule has 2 amide bonds. The summed E-state index contributed by atoms with van der Waals surface area (Å²) in [6.45, 7) is 7.97. The van der Waals surface area contributed by atoms with Crippen molar-refractivity contribution < 1.29 is 24.6 Å². The number of carboxylic acid groups (broad SMARTS) is 2. The number of nitrogens with zero attached hydrogens (tertiary/aromatic N) is 2. The van der Waals surface area contributed by atoms with Crippen molar-refractivity contribution in [3.63, 3.8) is 0 Å². The van der Waals surface area contributed by atoms with E-state index in [9.17, 15) is 14.4 Å². The lowest BCUT2D eigenvalue weighted by Crippen LogP contribution is -2.35. The fourth-order valence-electron chi connectivity index (χ4n) is 4.58. The fraction of sp³-hybridized carbons (Fsp3) is 0.281. The summed E-state index contributed by atoms with van der Waals surface area (Å²) < 4.78 is 1.26. The van der Waals surface area contributed by atoms with Crippen LogP contribution in [0.2, 0.25) is 0 Å². The first kappa shape index (κ1) is 32.1. The van der Waals surface area contributed by atoms with Crippen molar-refractivity contribution in [3.05, 3.63) is 101 Å². The number of aryl methyl sites for hydroxylation is 1. The van der Waals surface area contributed by atoms with Gasteiger partial charge in [-0.25, -0.2) is 14.4 Å². The molecule has 0 atom stereocenters. The van der Waals surface area contributed by atoms with Crippen molar-refractivity contribution >= 4 is 45.1 Å². The molecule has 0 aliphatic heterocycles. The molecule has 222 valence electrons. The molecule has 2 aromatic heterocycles. The second kappa shape index (κ2) is 16.1. The summed E-state index contributed by atoms with van der Waals surface area (Å²) in [5.41, 5.74) is 10.4. The van der Waals surface area contributed by atoms with Gasteiger partial charge in [-0.15, -0.1) is 11.3 Å². The molecular weight excluding hydrogens is 552 g/mol. The average Bonchev–Trinajstić information content (AvgIpc) is 3.59. The molecule has 0 radical (unpaired) electrons. The first-order valence-electron chi connectivity index (χ1n) is 13.8. The molecule has 4 aromatic rings. The van der Waals surface area contributed by atoms with Gasteiger partial charge >= 0.3 is 18.0 Å². The Balaban J connectivity index is 0.000000531. The monoisotopic (exact) mass is 590 g/mol. The number of carbonyl (C=O) groups excluding carboxylic acids is 1. The van der Waals surface area contributed by atoms with Gasteiger partial charge < -0.3 is 20.9 Å². The number of fused-ring (bicyclic) bond motifs is 1. The van der Waals surface area contributed by atoms with E-state index in [0.717, 1.165) is 37.3 Å². The Morgan fingerprint density at radius 1 is 0.952 bits per heavy atom. The van der Waals surface area contributed by atoms with E-state index in [1.807, 2.05) is 53.9 Å². The second-order valence-electron chi connectivity index (χ2n) is 9.84. The zero-order valence-electron chi connectivity index (χ0n) is 24.0. The number of rotatable bonds is 13. The van der Waals surface area contributed by atoms with Crippen LogP contribution in [-0.4, -0.2) is 51.2 Å². The minimum Gasteiger partial charge on any atom is -0.478 e. The van der Waals surface area contributed by atoms with Gasteiger partial charge in [0.2, 0.25) is 0 Å². The van der Waals surface area contributed by atoms with Crippen molar-refractivity contribution in [3.8, 4) is 0 Å². The molecule has 0 unspecified atom stereocenters. The number of aliphatic carboxylic acids is 2. The standard InChI is InChI=1S/C28H34N4OS.C4H4O4/c1-3-4-15-31(19-23-12-14-30-18-23)16-13-25-21(2)34-27-11-10-24(17-26(25)27)32(28(29)33)20-22-8-6-5-7-9-22;5-3(6)1-2-4(7)8/h5-12,14,17-18,30H,3-4,13,15-16,19-20H2,1-2H3,(H2,29,33);1-2H,(H,5,6)(H,7,8)/b;2-1-. The van der Waals surface area contributed by atoms with Gasteiger partial charge in [-0.2, -0.15) is 0 Å². The molecule has 0 aliphatic rings. The van der Waals surface area contributed by atoms with Crippen molar-refractivity contribution in [2.45, 2.75) is 46.2 Å². The molecule has 2 heterocycles. The number of hydrogen-bond donors (Lipinski definition) is 4. The Kier molecular flexibility index (Phi) is 12.3. The van der Waals surface area contributed by atoms with Crippen molar-refractivity contribution in [1.82, 2.24) is 9.88 Å². The number of carboxylic acids is 2. The highest BCUT2D eigenvalue weighted by Gasteiger charge is 2.17. The molecule has 0 bridgehead atoms. The van der Waals surface area contributed by atoms with Crippen LogP contribution in [0.5, 0.6) is 0 Å². The fourth-order valence-corrected chi connectivity index (χ4v) is 5.67. The third-order valence-corrected chi connectivity index (χ3v) is 7.81. The van der Waals surface area contributed by atoms with Crippen LogP contribution < -0.4 is 10.6 Å². The van der Waals surface area contributed by atoms with Gasteiger partial charge in [0.25, 0.3) is 0 Å². The first-order chi connectivity index (χ1) is 20.2. The zero-order chi connectivity index (χ0) is 30.5. The number of aromatic amines is 1. The van der Waals surface area contributed by atoms with Crippen molar-refractivity contribution in [1.29, 1.82) is 0 Å². The number of hydrogen-bond acceptors (Lipinski definition) is 5. The SMILES string of the molecule is CCCCN(CCc1c(C)sc2ccc(N(Cc3ccccc3)C(N)=O)cc12)Cc1cc[nH]c1.O=C(O)/C=C\C(=O)O. The van der Waals surface area contributed by atoms with E-state index < -0.39 is 18.0 Å². The highest BCUT2D eigenvalue weighted by Crippen LogP contribution is 2.34. The predicted octanol–water partition coefficient (Wildman–Crippen LogP) is 6.18. The number of primary amides is 1. The van der Waals surface area contributed by atoms with Gasteiger partial charge in [-0.05, 0) is 72.7 Å². The smallest absolute Gasteiger partial charge is 0.328 e. The maximum Gasteiger partial charge on any atom is 0.328 e. The third-order valence-electron chi connectivity index (χ3n) is 6.68. The molecule has 0 saturated carbocycles. The van der Waals surface area contributed by atoms with Gasteiger partial charge in [0.15, 0.2) is 0 Å². The lowest BCUT2D eigenvalue weighted by atomic mass is 10.1. The van der Waals surface area contributed by atoms with Crippen molar-refractivity contribution in [2.24, 2.45) is 5.73 Å². The molecule has 2 aromatic carbocycles. The minimum atomic E-state index is -1.26. The van der Waals surface area contributed by atoms with Gasteiger partial charge in [0.1, 0.15) is 0 Å². The summed E-state index contributed by atoms with van der Waals surface area (Å²) in [7, 11) is 0. The normalized spacial score (nSPS) is 11.0. The van der Waals surface area contributed by atoms with Crippen molar-refractivity contribution in [2.75, 3.05) is 18.0 Å². The summed E-state index contributed by atoms with van der Waals surface area (Å²) in [4.78, 5) is 40.2. The summed E-state index contributed by atoms with van der Waals surface area (Å²) >= 11 is 1.83. The van der Waals surface area contributed by atoms with Crippen LogP contribution >= 0.6 is 11.3 Å². The van der Waals surface area contributed by atoms with Gasteiger partial charge in [-0.1, -0.05) is 43.7 Å². The van der Waals surface area contributed by atoms with Crippen LogP contribution in [0.25, 0.3) is 10.1 Å². The Hall–Kier alpha value is -4.41. The summed E-state index contributed by atoms with van der Waals surface area (Å²) in [5, 5.41) is 16.9. The summed E-state index contributed by atoms with van der Waals surface area (Å²) in [5.74, 6) is -2.51. The number of urea groups is 1. The molecular formula is C32H38N4O5S. The Morgan fingerprint density at radius 2 is 1.67 bits per heavy atom. The summed E-state index contributed by atoms with van der Waals surface area (Å²) in [6, 6.07) is 18.0. The molecule has 0 spiro atoms. The Labute approximate surface area is 249 Å². The van der Waals surface area contributed by atoms with Gasteiger partial charge in [0, 0.05) is 52.9 Å². The van der Waals surface area contributed by atoms with E-state index in [1.165, 1.54) is 38.9 Å². The number of thiophene rings is 1. The molecule has 4 rings (SSSR count). The molecule has 9 nitrogen and oxygen atoms in total. The molecule has 42 heavy (non-hydrogen) atoms.